The maximum Gasteiger partial charge on any atom is 0.331 e. The van der Waals surface area contributed by atoms with E-state index in [0.29, 0.717) is 0 Å². The maximum absolute atomic E-state index is 12.5. The van der Waals surface area contributed by atoms with Crippen LogP contribution in [0.1, 0.15) is 38.7 Å². The molecule has 3 fully saturated rings. The molecule has 0 bridgehead atoms. The van der Waals surface area contributed by atoms with Crippen LogP contribution in [-0.4, -0.2) is 56.8 Å². The number of hydrogen-bond donors (Lipinski definition) is 0. The molecule has 2 heterocycles. The van der Waals surface area contributed by atoms with E-state index >= 15 is 0 Å². The van der Waals surface area contributed by atoms with Gasteiger partial charge < -0.3 is 23.7 Å². The number of methoxy groups -OCH3 is 2. The molecule has 0 N–H and O–H groups in total. The summed E-state index contributed by atoms with van der Waals surface area (Å²) in [5.41, 5.74) is 2.00. The van der Waals surface area contributed by atoms with Crippen molar-refractivity contribution in [1.29, 1.82) is 0 Å². The molecule has 2 aliphatic heterocycles. The molecule has 6 atom stereocenters. The minimum absolute atomic E-state index is 0.0742. The van der Waals surface area contributed by atoms with Crippen molar-refractivity contribution in [2.45, 2.75) is 63.1 Å². The number of allylic oxidation sites excluding steroid dienone is 1. The highest BCUT2D eigenvalue weighted by atomic mass is 16.6. The lowest BCUT2D eigenvalue weighted by atomic mass is 9.73. The number of rotatable bonds is 8. The van der Waals surface area contributed by atoms with Gasteiger partial charge in [0.25, 0.3) is 0 Å². The van der Waals surface area contributed by atoms with E-state index in [-0.39, 0.29) is 41.9 Å². The summed E-state index contributed by atoms with van der Waals surface area (Å²) in [4.78, 5) is 12.5. The number of epoxide rings is 2. The Morgan fingerprint density at radius 2 is 1.97 bits per heavy atom. The minimum Gasteiger partial charge on any atom is -0.497 e. The molecule has 4 rings (SSSR count). The zero-order chi connectivity index (χ0) is 22.0. The Labute approximate surface area is 184 Å². The summed E-state index contributed by atoms with van der Waals surface area (Å²) in [6, 6.07) is 7.49. The van der Waals surface area contributed by atoms with E-state index in [9.17, 15) is 4.79 Å². The Morgan fingerprint density at radius 1 is 1.23 bits per heavy atom. The summed E-state index contributed by atoms with van der Waals surface area (Å²) in [7, 11) is 3.31. The quantitative estimate of drug-likeness (QED) is 0.270. The molecule has 6 heteroatoms. The average Bonchev–Trinajstić information content (AvgIpc) is 3.69. The summed E-state index contributed by atoms with van der Waals surface area (Å²) in [6.07, 6.45) is 7.60. The van der Waals surface area contributed by atoms with Crippen molar-refractivity contribution in [3.63, 3.8) is 0 Å². The van der Waals surface area contributed by atoms with Crippen LogP contribution in [0.3, 0.4) is 0 Å². The van der Waals surface area contributed by atoms with E-state index in [4.69, 9.17) is 23.7 Å². The first-order chi connectivity index (χ1) is 15.0. The fourth-order valence-electron chi connectivity index (χ4n) is 4.67. The third-order valence-electron chi connectivity index (χ3n) is 6.50. The summed E-state index contributed by atoms with van der Waals surface area (Å²) in [5.74, 6) is 0.481. The minimum atomic E-state index is -0.368. The molecule has 168 valence electrons. The van der Waals surface area contributed by atoms with Crippen LogP contribution in [0, 0.1) is 5.92 Å². The van der Waals surface area contributed by atoms with Crippen LogP contribution in [0.15, 0.2) is 42.0 Å². The zero-order valence-corrected chi connectivity index (χ0v) is 18.7. The lowest BCUT2D eigenvalue weighted by molar-refractivity contribution is -0.163. The predicted molar refractivity (Wildman–Crippen MR) is 117 cm³/mol. The molecule has 0 radical (unpaired) electrons. The van der Waals surface area contributed by atoms with Crippen LogP contribution >= 0.6 is 0 Å². The molecule has 1 spiro atoms. The van der Waals surface area contributed by atoms with Gasteiger partial charge in [-0.15, -0.1) is 0 Å². The van der Waals surface area contributed by atoms with Gasteiger partial charge in [0.2, 0.25) is 0 Å². The topological polar surface area (TPSA) is 69.8 Å². The van der Waals surface area contributed by atoms with Crippen LogP contribution in [-0.2, 0) is 23.7 Å². The van der Waals surface area contributed by atoms with Crippen molar-refractivity contribution in [3.05, 3.63) is 47.6 Å². The van der Waals surface area contributed by atoms with Crippen LogP contribution in [0.4, 0.5) is 0 Å². The number of ether oxygens (including phenoxy) is 5. The van der Waals surface area contributed by atoms with Gasteiger partial charge in [0.1, 0.15) is 18.0 Å². The molecule has 1 aromatic carbocycles. The number of benzene rings is 1. The van der Waals surface area contributed by atoms with Gasteiger partial charge in [-0.3, -0.25) is 0 Å². The largest absolute Gasteiger partial charge is 0.497 e. The van der Waals surface area contributed by atoms with Crippen LogP contribution in [0.2, 0.25) is 0 Å². The normalized spacial score (nSPS) is 33.9. The van der Waals surface area contributed by atoms with Gasteiger partial charge in [-0.25, -0.2) is 4.79 Å². The van der Waals surface area contributed by atoms with E-state index in [1.54, 1.807) is 20.3 Å². The second-order valence-corrected chi connectivity index (χ2v) is 8.86. The summed E-state index contributed by atoms with van der Waals surface area (Å²) in [6.45, 7) is 4.91. The highest BCUT2D eigenvalue weighted by Crippen LogP contribution is 2.54. The molecule has 6 nitrogen and oxygen atoms in total. The van der Waals surface area contributed by atoms with E-state index in [2.05, 4.69) is 19.9 Å². The van der Waals surface area contributed by atoms with Gasteiger partial charge >= 0.3 is 5.97 Å². The zero-order valence-electron chi connectivity index (χ0n) is 18.7. The van der Waals surface area contributed by atoms with E-state index in [1.165, 1.54) is 11.6 Å². The average molecular weight is 429 g/mol. The number of carbonyl (C=O) groups is 1. The van der Waals surface area contributed by atoms with E-state index in [0.717, 1.165) is 37.2 Å². The molecular formula is C25H32O6. The van der Waals surface area contributed by atoms with Gasteiger partial charge in [0.15, 0.2) is 0 Å². The van der Waals surface area contributed by atoms with E-state index in [1.807, 2.05) is 24.3 Å². The molecule has 1 saturated carbocycles. The Kier molecular flexibility index (Phi) is 6.51. The Hall–Kier alpha value is -2.15. The highest BCUT2D eigenvalue weighted by molar-refractivity contribution is 5.87. The van der Waals surface area contributed by atoms with Crippen LogP contribution in [0.5, 0.6) is 5.75 Å². The first-order valence-electron chi connectivity index (χ1n) is 10.9. The molecule has 3 aliphatic rings. The smallest absolute Gasteiger partial charge is 0.331 e. The summed E-state index contributed by atoms with van der Waals surface area (Å²) in [5, 5.41) is 0. The Balaban J connectivity index is 1.39. The molecule has 0 amide bonds. The van der Waals surface area contributed by atoms with Crippen LogP contribution in [0.25, 0.3) is 6.08 Å². The third-order valence-corrected chi connectivity index (χ3v) is 6.50. The predicted octanol–water partition coefficient (Wildman–Crippen LogP) is 3.94. The van der Waals surface area contributed by atoms with E-state index < -0.39 is 0 Å². The lowest BCUT2D eigenvalue weighted by Crippen LogP contribution is -2.52. The van der Waals surface area contributed by atoms with Crippen molar-refractivity contribution >= 4 is 12.0 Å². The van der Waals surface area contributed by atoms with Crippen molar-refractivity contribution < 1.29 is 28.5 Å². The molecule has 1 aliphatic carbocycles. The van der Waals surface area contributed by atoms with Gasteiger partial charge in [-0.05, 0) is 56.9 Å². The number of hydrogen-bond acceptors (Lipinski definition) is 6. The monoisotopic (exact) mass is 428 g/mol. The Morgan fingerprint density at radius 3 is 2.58 bits per heavy atom. The SMILES string of the molecule is COc1ccc(/C=C/C(=O)O[C@@H]2CC[C@]3(CO3)[C@@H](C3O[C@H]3CC=C(C)C)[C@@H]2OC)cc1. The van der Waals surface area contributed by atoms with Gasteiger partial charge in [-0.2, -0.15) is 0 Å². The molecule has 0 aromatic heterocycles. The number of carbonyl (C=O) groups excluding carboxylic acids is 1. The van der Waals surface area contributed by atoms with Crippen molar-refractivity contribution in [1.82, 2.24) is 0 Å². The summed E-state index contributed by atoms with van der Waals surface area (Å²) >= 11 is 0. The molecule has 31 heavy (non-hydrogen) atoms. The first-order valence-corrected chi connectivity index (χ1v) is 10.9. The second kappa shape index (κ2) is 9.15. The molecule has 1 unspecified atom stereocenters. The van der Waals surface area contributed by atoms with Gasteiger partial charge in [0.05, 0.1) is 31.5 Å². The first kappa shape index (κ1) is 22.1. The molecular weight excluding hydrogens is 396 g/mol. The van der Waals surface area contributed by atoms with Crippen LogP contribution < -0.4 is 4.74 Å². The second-order valence-electron chi connectivity index (χ2n) is 8.86. The van der Waals surface area contributed by atoms with Crippen molar-refractivity contribution in [3.8, 4) is 5.75 Å². The van der Waals surface area contributed by atoms with Crippen molar-refractivity contribution in [2.24, 2.45) is 5.92 Å². The fourth-order valence-corrected chi connectivity index (χ4v) is 4.67. The standard InChI is InChI=1S/C25H32O6/c1-16(2)5-11-19-24(31-19)22-23(28-4)20(13-14-25(22)15-29-25)30-21(26)12-8-17-6-9-18(27-3)10-7-17/h5-10,12,19-20,22-24H,11,13-15H2,1-4H3/b12-8+/t19-,20+,22+,23+,24?,25-/m0/s1. The maximum atomic E-state index is 12.5. The highest BCUT2D eigenvalue weighted by Gasteiger charge is 2.66. The number of esters is 1. The van der Waals surface area contributed by atoms with Gasteiger partial charge in [-0.1, -0.05) is 23.8 Å². The van der Waals surface area contributed by atoms with Gasteiger partial charge in [0, 0.05) is 19.1 Å². The third kappa shape index (κ3) is 5.03. The molecule has 1 aromatic rings. The lowest BCUT2D eigenvalue weighted by Gasteiger charge is -2.39. The molecule has 2 saturated heterocycles. The summed E-state index contributed by atoms with van der Waals surface area (Å²) < 4.78 is 28.8. The Bertz CT molecular complexity index is 834. The fraction of sp³-hybridized carbons (Fsp3) is 0.560. The van der Waals surface area contributed by atoms with Crippen molar-refractivity contribution in [2.75, 3.05) is 20.8 Å².